The second-order valence-corrected chi connectivity index (χ2v) is 4.41. The third-order valence-electron chi connectivity index (χ3n) is 2.57. The molecule has 0 bridgehead atoms. The van der Waals surface area contributed by atoms with Crippen LogP contribution in [0.4, 0.5) is 4.39 Å². The number of benzene rings is 1. The Morgan fingerprint density at radius 1 is 1.50 bits per heavy atom. The summed E-state index contributed by atoms with van der Waals surface area (Å²) in [7, 11) is 0. The van der Waals surface area contributed by atoms with Gasteiger partial charge in [0.15, 0.2) is 5.58 Å². The molecule has 1 aromatic heterocycles. The van der Waals surface area contributed by atoms with Crippen molar-refractivity contribution < 1.29 is 8.81 Å². The number of hydrogen-bond acceptors (Lipinski definition) is 3. The van der Waals surface area contributed by atoms with Crippen molar-refractivity contribution in [3.8, 4) is 0 Å². The minimum atomic E-state index is -0.396. The van der Waals surface area contributed by atoms with E-state index >= 15 is 0 Å². The molecule has 3 rings (SSSR count). The minimum Gasteiger partial charge on any atom is -0.438 e. The van der Waals surface area contributed by atoms with Crippen molar-refractivity contribution in [2.24, 2.45) is 0 Å². The van der Waals surface area contributed by atoms with E-state index in [1.165, 1.54) is 25.0 Å². The number of fused-ring (bicyclic) bond motifs is 1. The van der Waals surface area contributed by atoms with Crippen molar-refractivity contribution >= 4 is 22.7 Å². The fourth-order valence-corrected chi connectivity index (χ4v) is 1.84. The molecule has 16 heavy (non-hydrogen) atoms. The zero-order chi connectivity index (χ0) is 11.1. The van der Waals surface area contributed by atoms with E-state index < -0.39 is 5.82 Å². The van der Waals surface area contributed by atoms with Crippen LogP contribution in [0.3, 0.4) is 0 Å². The molecule has 0 amide bonds. The average molecular weight is 241 g/mol. The first-order valence-corrected chi connectivity index (χ1v) is 5.58. The van der Waals surface area contributed by atoms with Gasteiger partial charge in [-0.25, -0.2) is 9.37 Å². The third kappa shape index (κ3) is 1.90. The Labute approximate surface area is 96.6 Å². The van der Waals surface area contributed by atoms with Gasteiger partial charge in [-0.1, -0.05) is 11.6 Å². The van der Waals surface area contributed by atoms with Crippen LogP contribution in [-0.2, 0) is 6.54 Å². The summed E-state index contributed by atoms with van der Waals surface area (Å²) < 4.78 is 18.5. The van der Waals surface area contributed by atoms with Gasteiger partial charge in [-0.05, 0) is 18.9 Å². The first kappa shape index (κ1) is 10.1. The molecular weight excluding hydrogens is 231 g/mol. The van der Waals surface area contributed by atoms with Crippen LogP contribution in [0.1, 0.15) is 18.7 Å². The normalized spacial score (nSPS) is 15.9. The van der Waals surface area contributed by atoms with E-state index in [4.69, 9.17) is 16.0 Å². The Bertz CT molecular complexity index is 536. The molecule has 1 aliphatic carbocycles. The fraction of sp³-hybridized carbons (Fsp3) is 0.364. The van der Waals surface area contributed by atoms with Gasteiger partial charge < -0.3 is 9.73 Å². The summed E-state index contributed by atoms with van der Waals surface area (Å²) in [5.41, 5.74) is 0.924. The van der Waals surface area contributed by atoms with Crippen molar-refractivity contribution in [2.75, 3.05) is 0 Å². The molecule has 0 aliphatic heterocycles. The summed E-state index contributed by atoms with van der Waals surface area (Å²) in [5.74, 6) is 0.155. The summed E-state index contributed by atoms with van der Waals surface area (Å²) in [5, 5.41) is 3.54. The Hall–Kier alpha value is -1.13. The Morgan fingerprint density at radius 2 is 2.31 bits per heavy atom. The molecule has 0 unspecified atom stereocenters. The minimum absolute atomic E-state index is 0.264. The average Bonchev–Trinajstić information content (AvgIpc) is 2.96. The third-order valence-corrected chi connectivity index (χ3v) is 2.85. The Kier molecular flexibility index (Phi) is 2.33. The van der Waals surface area contributed by atoms with Crippen LogP contribution in [0.5, 0.6) is 0 Å². The number of aromatic nitrogens is 1. The van der Waals surface area contributed by atoms with Crippen LogP contribution >= 0.6 is 11.6 Å². The van der Waals surface area contributed by atoms with Gasteiger partial charge in [0.1, 0.15) is 11.3 Å². The van der Waals surface area contributed by atoms with E-state index in [0.29, 0.717) is 29.6 Å². The maximum atomic E-state index is 13.0. The van der Waals surface area contributed by atoms with Gasteiger partial charge >= 0.3 is 0 Å². The van der Waals surface area contributed by atoms with Crippen molar-refractivity contribution in [1.82, 2.24) is 10.3 Å². The van der Waals surface area contributed by atoms with Crippen LogP contribution in [-0.4, -0.2) is 11.0 Å². The summed E-state index contributed by atoms with van der Waals surface area (Å²) in [6, 6.07) is 3.14. The molecule has 3 nitrogen and oxygen atoms in total. The van der Waals surface area contributed by atoms with Crippen molar-refractivity contribution in [1.29, 1.82) is 0 Å². The van der Waals surface area contributed by atoms with Crippen molar-refractivity contribution in [3.05, 3.63) is 28.9 Å². The molecule has 0 spiro atoms. The number of nitrogens with one attached hydrogen (secondary N) is 1. The molecule has 0 radical (unpaired) electrons. The number of oxazole rings is 1. The molecule has 2 aromatic rings. The molecule has 84 valence electrons. The smallest absolute Gasteiger partial charge is 0.209 e. The van der Waals surface area contributed by atoms with Gasteiger partial charge in [0, 0.05) is 12.1 Å². The highest BCUT2D eigenvalue weighted by molar-refractivity contribution is 6.34. The largest absolute Gasteiger partial charge is 0.438 e. The van der Waals surface area contributed by atoms with Gasteiger partial charge in [-0.3, -0.25) is 0 Å². The first-order chi connectivity index (χ1) is 7.72. The second-order valence-electron chi connectivity index (χ2n) is 4.00. The van der Waals surface area contributed by atoms with Gasteiger partial charge in [-0.2, -0.15) is 0 Å². The quantitative estimate of drug-likeness (QED) is 0.897. The van der Waals surface area contributed by atoms with Gasteiger partial charge in [0.25, 0.3) is 0 Å². The lowest BCUT2D eigenvalue weighted by Gasteiger charge is -1.95. The van der Waals surface area contributed by atoms with Crippen LogP contribution < -0.4 is 5.32 Å². The number of halogens is 2. The van der Waals surface area contributed by atoms with Crippen molar-refractivity contribution in [3.63, 3.8) is 0 Å². The molecule has 1 aliphatic rings. The predicted molar refractivity (Wildman–Crippen MR) is 58.8 cm³/mol. The van der Waals surface area contributed by atoms with E-state index in [2.05, 4.69) is 10.3 Å². The monoisotopic (exact) mass is 240 g/mol. The molecule has 1 heterocycles. The highest BCUT2D eigenvalue weighted by Crippen LogP contribution is 2.26. The van der Waals surface area contributed by atoms with Crippen LogP contribution in [0.2, 0.25) is 5.02 Å². The zero-order valence-corrected chi connectivity index (χ0v) is 9.22. The van der Waals surface area contributed by atoms with E-state index in [9.17, 15) is 4.39 Å². The summed E-state index contributed by atoms with van der Waals surface area (Å²) in [4.78, 5) is 4.18. The molecule has 1 aromatic carbocycles. The molecule has 0 saturated heterocycles. The number of hydrogen-bond donors (Lipinski definition) is 1. The standard InChI is InChI=1S/C11H10ClFN2O/c12-8-3-6(13)4-9-11(8)16-10(15-9)5-14-7-1-2-7/h3-4,7,14H,1-2,5H2. The summed E-state index contributed by atoms with van der Waals surface area (Å²) >= 11 is 5.86. The second kappa shape index (κ2) is 3.71. The first-order valence-electron chi connectivity index (χ1n) is 5.20. The van der Waals surface area contributed by atoms with E-state index in [1.807, 2.05) is 0 Å². The van der Waals surface area contributed by atoms with Gasteiger partial charge in [0.2, 0.25) is 5.89 Å². The molecule has 1 saturated carbocycles. The maximum Gasteiger partial charge on any atom is 0.209 e. The van der Waals surface area contributed by atoms with Gasteiger partial charge in [-0.15, -0.1) is 0 Å². The SMILES string of the molecule is Fc1cc(Cl)c2oc(CNC3CC3)nc2c1. The van der Waals surface area contributed by atoms with E-state index in [0.717, 1.165) is 0 Å². The highest BCUT2D eigenvalue weighted by Gasteiger charge is 2.21. The highest BCUT2D eigenvalue weighted by atomic mass is 35.5. The molecular formula is C11H10ClFN2O. The molecule has 0 atom stereocenters. The Morgan fingerprint density at radius 3 is 3.06 bits per heavy atom. The zero-order valence-electron chi connectivity index (χ0n) is 8.46. The lowest BCUT2D eigenvalue weighted by Crippen LogP contribution is -2.15. The van der Waals surface area contributed by atoms with Crippen LogP contribution in [0, 0.1) is 5.82 Å². The maximum absolute atomic E-state index is 13.0. The predicted octanol–water partition coefficient (Wildman–Crippen LogP) is 2.87. The summed E-state index contributed by atoms with van der Waals surface area (Å²) in [6.45, 7) is 0.567. The van der Waals surface area contributed by atoms with Gasteiger partial charge in [0.05, 0.1) is 11.6 Å². The van der Waals surface area contributed by atoms with E-state index in [1.54, 1.807) is 0 Å². The lowest BCUT2D eigenvalue weighted by molar-refractivity contribution is 0.494. The summed E-state index contributed by atoms with van der Waals surface area (Å²) in [6.07, 6.45) is 2.41. The Balaban J connectivity index is 1.91. The fourth-order valence-electron chi connectivity index (χ4n) is 1.60. The lowest BCUT2D eigenvalue weighted by atomic mass is 10.3. The molecule has 1 fully saturated rings. The van der Waals surface area contributed by atoms with Crippen LogP contribution in [0.25, 0.3) is 11.1 Å². The number of rotatable bonds is 3. The molecule has 1 N–H and O–H groups in total. The molecule has 5 heteroatoms. The van der Waals surface area contributed by atoms with E-state index in [-0.39, 0.29) is 5.02 Å². The number of nitrogens with zero attached hydrogens (tertiary/aromatic N) is 1. The van der Waals surface area contributed by atoms with Crippen LogP contribution in [0.15, 0.2) is 16.5 Å². The topological polar surface area (TPSA) is 38.1 Å². The van der Waals surface area contributed by atoms with Crippen molar-refractivity contribution in [2.45, 2.75) is 25.4 Å².